The number of aryl methyl sites for hydroxylation is 1. The maximum atomic E-state index is 13.0. The largest absolute Gasteiger partial charge is 0.322 e. The normalized spacial score (nSPS) is 16.3. The molecule has 1 heterocycles. The molecule has 3 rings (SSSR count). The number of nitrogens with one attached hydrogen (secondary N) is 1. The third-order valence-corrected chi connectivity index (χ3v) is 6.67. The summed E-state index contributed by atoms with van der Waals surface area (Å²) < 4.78 is 40.5. The number of hydrogen-bond donors (Lipinski definition) is 1. The highest BCUT2D eigenvalue weighted by Gasteiger charge is 2.29. The lowest BCUT2D eigenvalue weighted by atomic mass is 10.1. The van der Waals surface area contributed by atoms with Crippen LogP contribution in [0.15, 0.2) is 47.4 Å². The standard InChI is InChI=1S/C19H22FN3O3S/c1-14-3-4-15(19(24)21-17-7-5-16(20)6-8-17)13-18(14)27(25,26)23-11-9-22(2)10-12-23/h3-8,13H,9-12H2,1-2H3,(H,21,24). The molecule has 144 valence electrons. The summed E-state index contributed by atoms with van der Waals surface area (Å²) in [5.74, 6) is -0.847. The van der Waals surface area contributed by atoms with E-state index in [1.54, 1.807) is 19.1 Å². The number of piperazine rings is 1. The number of amides is 1. The molecule has 1 aliphatic rings. The Morgan fingerprint density at radius 3 is 2.30 bits per heavy atom. The van der Waals surface area contributed by atoms with Crippen molar-refractivity contribution >= 4 is 21.6 Å². The van der Waals surface area contributed by atoms with Crippen LogP contribution in [0.4, 0.5) is 10.1 Å². The van der Waals surface area contributed by atoms with Gasteiger partial charge in [-0.1, -0.05) is 6.07 Å². The number of sulfonamides is 1. The molecule has 0 aromatic heterocycles. The van der Waals surface area contributed by atoms with Crippen molar-refractivity contribution in [3.05, 3.63) is 59.4 Å². The summed E-state index contributed by atoms with van der Waals surface area (Å²) in [5.41, 5.74) is 1.26. The van der Waals surface area contributed by atoms with Crippen molar-refractivity contribution in [2.24, 2.45) is 0 Å². The van der Waals surface area contributed by atoms with Gasteiger partial charge in [0.1, 0.15) is 5.82 Å². The van der Waals surface area contributed by atoms with Crippen molar-refractivity contribution in [1.29, 1.82) is 0 Å². The fourth-order valence-corrected chi connectivity index (χ4v) is 4.60. The molecule has 0 spiro atoms. The van der Waals surface area contributed by atoms with Gasteiger partial charge in [-0.15, -0.1) is 0 Å². The van der Waals surface area contributed by atoms with E-state index in [9.17, 15) is 17.6 Å². The molecular weight excluding hydrogens is 369 g/mol. The molecule has 1 amide bonds. The van der Waals surface area contributed by atoms with E-state index in [2.05, 4.69) is 10.2 Å². The number of anilines is 1. The summed E-state index contributed by atoms with van der Waals surface area (Å²) in [6.45, 7) is 3.89. The Balaban J connectivity index is 1.85. The van der Waals surface area contributed by atoms with Crippen molar-refractivity contribution in [1.82, 2.24) is 9.21 Å². The van der Waals surface area contributed by atoms with E-state index in [1.807, 2.05) is 7.05 Å². The zero-order valence-corrected chi connectivity index (χ0v) is 16.1. The second kappa shape index (κ2) is 7.75. The molecule has 0 saturated carbocycles. The summed E-state index contributed by atoms with van der Waals surface area (Å²) in [7, 11) is -1.72. The van der Waals surface area contributed by atoms with Crippen molar-refractivity contribution in [2.75, 3.05) is 38.5 Å². The maximum absolute atomic E-state index is 13.0. The van der Waals surface area contributed by atoms with E-state index in [0.717, 1.165) is 0 Å². The minimum Gasteiger partial charge on any atom is -0.322 e. The first-order valence-electron chi connectivity index (χ1n) is 8.63. The van der Waals surface area contributed by atoms with Gasteiger partial charge in [-0.05, 0) is 55.9 Å². The van der Waals surface area contributed by atoms with E-state index in [0.29, 0.717) is 37.4 Å². The molecule has 2 aromatic carbocycles. The molecule has 0 bridgehead atoms. The van der Waals surface area contributed by atoms with Gasteiger partial charge in [0.15, 0.2) is 0 Å². The summed E-state index contributed by atoms with van der Waals surface area (Å²) >= 11 is 0. The van der Waals surface area contributed by atoms with Crippen LogP contribution >= 0.6 is 0 Å². The van der Waals surface area contributed by atoms with Gasteiger partial charge < -0.3 is 10.2 Å². The summed E-state index contributed by atoms with van der Waals surface area (Å²) in [5, 5.41) is 2.65. The molecule has 0 radical (unpaired) electrons. The molecule has 1 aliphatic heterocycles. The molecule has 1 N–H and O–H groups in total. The fourth-order valence-electron chi connectivity index (χ4n) is 2.92. The summed E-state index contributed by atoms with van der Waals surface area (Å²) in [6.07, 6.45) is 0. The first-order valence-corrected chi connectivity index (χ1v) is 10.1. The van der Waals surface area contributed by atoms with E-state index in [1.165, 1.54) is 34.6 Å². The molecular formula is C19H22FN3O3S. The molecule has 27 heavy (non-hydrogen) atoms. The zero-order valence-electron chi connectivity index (χ0n) is 15.3. The Kier molecular flexibility index (Phi) is 5.59. The zero-order chi connectivity index (χ0) is 19.6. The van der Waals surface area contributed by atoms with Gasteiger partial charge in [-0.2, -0.15) is 4.31 Å². The summed E-state index contributed by atoms with van der Waals surface area (Å²) in [6, 6.07) is 10.00. The van der Waals surface area contributed by atoms with Crippen LogP contribution in [-0.2, 0) is 10.0 Å². The number of rotatable bonds is 4. The van der Waals surface area contributed by atoms with Gasteiger partial charge in [-0.3, -0.25) is 4.79 Å². The van der Waals surface area contributed by atoms with Crippen LogP contribution in [0.2, 0.25) is 0 Å². The number of hydrogen-bond acceptors (Lipinski definition) is 4. The first-order chi connectivity index (χ1) is 12.8. The quantitative estimate of drug-likeness (QED) is 0.869. The topological polar surface area (TPSA) is 69.7 Å². The highest BCUT2D eigenvalue weighted by atomic mass is 32.2. The monoisotopic (exact) mass is 391 g/mol. The fraction of sp³-hybridized carbons (Fsp3) is 0.316. The highest BCUT2D eigenvalue weighted by molar-refractivity contribution is 7.89. The van der Waals surface area contributed by atoms with Crippen molar-refractivity contribution in [2.45, 2.75) is 11.8 Å². The Labute approximate surface area is 158 Å². The van der Waals surface area contributed by atoms with Gasteiger partial charge in [0, 0.05) is 37.4 Å². The lowest BCUT2D eigenvalue weighted by Crippen LogP contribution is -2.47. The minimum atomic E-state index is -3.67. The molecule has 0 atom stereocenters. The van der Waals surface area contributed by atoms with E-state index >= 15 is 0 Å². The van der Waals surface area contributed by atoms with Crippen LogP contribution in [0.5, 0.6) is 0 Å². The molecule has 1 saturated heterocycles. The minimum absolute atomic E-state index is 0.138. The Bertz CT molecular complexity index is 937. The van der Waals surface area contributed by atoms with Gasteiger partial charge in [0.25, 0.3) is 5.91 Å². The number of carbonyl (C=O) groups excluding carboxylic acids is 1. The third kappa shape index (κ3) is 4.35. The van der Waals surface area contributed by atoms with E-state index in [4.69, 9.17) is 0 Å². The van der Waals surface area contributed by atoms with Crippen LogP contribution in [-0.4, -0.2) is 56.8 Å². The number of halogens is 1. The van der Waals surface area contributed by atoms with Gasteiger partial charge >= 0.3 is 0 Å². The average Bonchev–Trinajstić information content (AvgIpc) is 2.64. The van der Waals surface area contributed by atoms with Crippen LogP contribution in [0.1, 0.15) is 15.9 Å². The average molecular weight is 391 g/mol. The highest BCUT2D eigenvalue weighted by Crippen LogP contribution is 2.23. The van der Waals surface area contributed by atoms with Crippen LogP contribution in [0, 0.1) is 12.7 Å². The molecule has 8 heteroatoms. The molecule has 0 unspecified atom stereocenters. The second-order valence-electron chi connectivity index (χ2n) is 6.65. The number of carbonyl (C=O) groups is 1. The third-order valence-electron chi connectivity index (χ3n) is 4.63. The maximum Gasteiger partial charge on any atom is 0.255 e. The molecule has 0 aliphatic carbocycles. The number of likely N-dealkylation sites (N-methyl/N-ethyl adjacent to an activating group) is 1. The van der Waals surface area contributed by atoms with Gasteiger partial charge in [-0.25, -0.2) is 12.8 Å². The Morgan fingerprint density at radius 2 is 1.67 bits per heavy atom. The predicted octanol–water partition coefficient (Wildman–Crippen LogP) is 2.32. The SMILES string of the molecule is Cc1ccc(C(=O)Nc2ccc(F)cc2)cc1S(=O)(=O)N1CCN(C)CC1. The Hall–Kier alpha value is -2.29. The summed E-state index contributed by atoms with van der Waals surface area (Å²) in [4.78, 5) is 14.7. The predicted molar refractivity (Wildman–Crippen MR) is 102 cm³/mol. The van der Waals surface area contributed by atoms with Crippen molar-refractivity contribution < 1.29 is 17.6 Å². The van der Waals surface area contributed by atoms with E-state index in [-0.39, 0.29) is 10.5 Å². The second-order valence-corrected chi connectivity index (χ2v) is 8.56. The molecule has 6 nitrogen and oxygen atoms in total. The van der Waals surface area contributed by atoms with Gasteiger partial charge in [0.05, 0.1) is 4.90 Å². The number of nitrogens with zero attached hydrogens (tertiary/aromatic N) is 2. The smallest absolute Gasteiger partial charge is 0.255 e. The Morgan fingerprint density at radius 1 is 1.04 bits per heavy atom. The lowest BCUT2D eigenvalue weighted by Gasteiger charge is -2.32. The van der Waals surface area contributed by atoms with Crippen molar-refractivity contribution in [3.8, 4) is 0 Å². The molecule has 1 fully saturated rings. The van der Waals surface area contributed by atoms with Crippen LogP contribution < -0.4 is 5.32 Å². The lowest BCUT2D eigenvalue weighted by molar-refractivity contribution is 0.102. The van der Waals surface area contributed by atoms with Crippen LogP contribution in [0.25, 0.3) is 0 Å². The van der Waals surface area contributed by atoms with Crippen molar-refractivity contribution in [3.63, 3.8) is 0 Å². The molecule has 2 aromatic rings. The van der Waals surface area contributed by atoms with Gasteiger partial charge in [0.2, 0.25) is 10.0 Å². The first kappa shape index (κ1) is 19.5. The number of benzene rings is 2. The van der Waals surface area contributed by atoms with E-state index < -0.39 is 21.7 Å². The van der Waals surface area contributed by atoms with Crippen LogP contribution in [0.3, 0.4) is 0 Å².